The van der Waals surface area contributed by atoms with Crippen LogP contribution in [0.25, 0.3) is 0 Å². The fraction of sp³-hybridized carbons (Fsp3) is 0.182. The van der Waals surface area contributed by atoms with Gasteiger partial charge in [-0.25, -0.2) is 4.98 Å². The number of hydrogen-bond acceptors (Lipinski definition) is 5. The van der Waals surface area contributed by atoms with Crippen LogP contribution in [0.5, 0.6) is 11.5 Å². The Labute approximate surface area is 168 Å². The van der Waals surface area contributed by atoms with Gasteiger partial charge in [0.15, 0.2) is 23.2 Å². The van der Waals surface area contributed by atoms with Gasteiger partial charge in [-0.15, -0.1) is 17.9 Å². The van der Waals surface area contributed by atoms with E-state index in [2.05, 4.69) is 11.6 Å². The average Bonchev–Trinajstić information content (AvgIpc) is 3.13. The van der Waals surface area contributed by atoms with Gasteiger partial charge in [-0.2, -0.15) is 0 Å². The lowest BCUT2D eigenvalue weighted by atomic mass is 10.1. The van der Waals surface area contributed by atoms with Crippen molar-refractivity contribution >= 4 is 28.1 Å². The Morgan fingerprint density at radius 3 is 2.64 bits per heavy atom. The van der Waals surface area contributed by atoms with Crippen LogP contribution < -0.4 is 14.4 Å². The van der Waals surface area contributed by atoms with Crippen LogP contribution in [0.15, 0.2) is 66.6 Å². The van der Waals surface area contributed by atoms with Crippen LogP contribution in [0.2, 0.25) is 0 Å². The van der Waals surface area contributed by atoms with Crippen LogP contribution >= 0.6 is 11.3 Å². The lowest BCUT2D eigenvalue weighted by molar-refractivity contribution is -0.119. The molecule has 144 valence electrons. The fourth-order valence-electron chi connectivity index (χ4n) is 2.71. The molecule has 0 unspecified atom stereocenters. The van der Waals surface area contributed by atoms with Gasteiger partial charge < -0.3 is 9.47 Å². The minimum absolute atomic E-state index is 0.134. The summed E-state index contributed by atoms with van der Waals surface area (Å²) in [6.07, 6.45) is 2.56. The van der Waals surface area contributed by atoms with Gasteiger partial charge in [-0.05, 0) is 43.2 Å². The summed E-state index contributed by atoms with van der Waals surface area (Å²) in [4.78, 5) is 19.1. The Bertz CT molecular complexity index is 953. The van der Waals surface area contributed by atoms with Crippen molar-refractivity contribution in [1.29, 1.82) is 0 Å². The number of aryl methyl sites for hydroxylation is 1. The molecule has 0 saturated carbocycles. The van der Waals surface area contributed by atoms with E-state index in [1.807, 2.05) is 66.9 Å². The predicted molar refractivity (Wildman–Crippen MR) is 113 cm³/mol. The first-order chi connectivity index (χ1) is 13.6. The first kappa shape index (κ1) is 19.6. The number of thiazole rings is 1. The number of amides is 1. The first-order valence-corrected chi connectivity index (χ1v) is 9.71. The molecule has 3 rings (SSSR count). The van der Waals surface area contributed by atoms with Crippen molar-refractivity contribution in [2.24, 2.45) is 0 Å². The second kappa shape index (κ2) is 9.19. The number of rotatable bonds is 8. The zero-order chi connectivity index (χ0) is 19.9. The molecule has 0 bridgehead atoms. The Hall–Kier alpha value is -3.12. The van der Waals surface area contributed by atoms with E-state index in [0.29, 0.717) is 16.6 Å². The molecule has 1 aromatic heterocycles. The molecular weight excluding hydrogens is 372 g/mol. The number of methoxy groups -OCH3 is 1. The van der Waals surface area contributed by atoms with Gasteiger partial charge in [-0.1, -0.05) is 30.3 Å². The minimum Gasteiger partial charge on any atom is -0.493 e. The molecule has 6 heteroatoms. The van der Waals surface area contributed by atoms with E-state index in [1.54, 1.807) is 12.0 Å². The molecule has 5 nitrogen and oxygen atoms in total. The molecule has 2 aromatic carbocycles. The molecule has 0 saturated heterocycles. The number of allylic oxidation sites excluding steroid dienone is 1. The molecule has 0 aliphatic heterocycles. The number of carbonyl (C=O) groups excluding carboxylic acids is 1. The molecule has 0 radical (unpaired) electrons. The molecule has 3 aromatic rings. The number of nitrogens with zero attached hydrogens (tertiary/aromatic N) is 2. The maximum absolute atomic E-state index is 13.0. The number of carbonyl (C=O) groups is 1. The smallest absolute Gasteiger partial charge is 0.271 e. The van der Waals surface area contributed by atoms with Crippen molar-refractivity contribution in [3.8, 4) is 11.5 Å². The van der Waals surface area contributed by atoms with Crippen LogP contribution in [-0.4, -0.2) is 24.6 Å². The Kier molecular flexibility index (Phi) is 6.45. The summed E-state index contributed by atoms with van der Waals surface area (Å²) < 4.78 is 11.2. The lowest BCUT2D eigenvalue weighted by Gasteiger charge is -2.20. The van der Waals surface area contributed by atoms with Crippen molar-refractivity contribution in [2.75, 3.05) is 18.6 Å². The highest BCUT2D eigenvalue weighted by atomic mass is 32.1. The maximum atomic E-state index is 13.0. The highest BCUT2D eigenvalue weighted by Gasteiger charge is 2.22. The third kappa shape index (κ3) is 4.58. The SMILES string of the molecule is C=CCc1ccc(OCC(=O)N(c2ccccc2)c2nc(C)cs2)c(OC)c1. The van der Waals surface area contributed by atoms with E-state index in [9.17, 15) is 4.79 Å². The lowest BCUT2D eigenvalue weighted by Crippen LogP contribution is -2.31. The zero-order valence-electron chi connectivity index (χ0n) is 15.9. The van der Waals surface area contributed by atoms with Gasteiger partial charge in [-0.3, -0.25) is 9.69 Å². The number of benzene rings is 2. The number of hydrogen-bond donors (Lipinski definition) is 0. The van der Waals surface area contributed by atoms with E-state index in [-0.39, 0.29) is 12.5 Å². The molecule has 0 N–H and O–H groups in total. The second-order valence-electron chi connectivity index (χ2n) is 6.10. The second-order valence-corrected chi connectivity index (χ2v) is 6.94. The number of ether oxygens (including phenoxy) is 2. The van der Waals surface area contributed by atoms with Gasteiger partial charge in [0.1, 0.15) is 0 Å². The molecule has 0 spiro atoms. The van der Waals surface area contributed by atoms with Crippen molar-refractivity contribution in [1.82, 2.24) is 4.98 Å². The quantitative estimate of drug-likeness (QED) is 0.508. The fourth-order valence-corrected chi connectivity index (χ4v) is 3.55. The summed E-state index contributed by atoms with van der Waals surface area (Å²) in [6.45, 7) is 5.51. The molecule has 0 aliphatic carbocycles. The minimum atomic E-state index is -0.210. The standard InChI is InChI=1S/C22H22N2O3S/c1-4-8-17-11-12-19(20(13-17)26-3)27-14-21(25)24(18-9-6-5-7-10-18)22-23-16(2)15-28-22/h4-7,9-13,15H,1,8,14H2,2-3H3. The number of para-hydroxylation sites is 1. The van der Waals surface area contributed by atoms with Crippen LogP contribution in [-0.2, 0) is 11.2 Å². The molecule has 0 fully saturated rings. The van der Waals surface area contributed by atoms with E-state index in [1.165, 1.54) is 11.3 Å². The predicted octanol–water partition coefficient (Wildman–Crippen LogP) is 4.93. The van der Waals surface area contributed by atoms with Gasteiger partial charge in [0.2, 0.25) is 0 Å². The summed E-state index contributed by atoms with van der Waals surface area (Å²) in [6, 6.07) is 15.1. The third-order valence-corrected chi connectivity index (χ3v) is 4.96. The monoisotopic (exact) mass is 394 g/mol. The van der Waals surface area contributed by atoms with E-state index < -0.39 is 0 Å². The third-order valence-electron chi connectivity index (χ3n) is 4.02. The van der Waals surface area contributed by atoms with Crippen molar-refractivity contribution in [3.05, 3.63) is 77.8 Å². The van der Waals surface area contributed by atoms with Crippen molar-refractivity contribution < 1.29 is 14.3 Å². The maximum Gasteiger partial charge on any atom is 0.271 e. The van der Waals surface area contributed by atoms with Crippen LogP contribution in [0.3, 0.4) is 0 Å². The summed E-state index contributed by atoms with van der Waals surface area (Å²) in [5.41, 5.74) is 2.68. The number of anilines is 2. The summed E-state index contributed by atoms with van der Waals surface area (Å²) in [5, 5.41) is 2.53. The molecule has 0 aliphatic rings. The molecular formula is C22H22N2O3S. The average molecular weight is 394 g/mol. The van der Waals surface area contributed by atoms with Gasteiger partial charge in [0, 0.05) is 5.38 Å². The highest BCUT2D eigenvalue weighted by molar-refractivity contribution is 7.14. The first-order valence-electron chi connectivity index (χ1n) is 8.83. The van der Waals surface area contributed by atoms with Gasteiger partial charge >= 0.3 is 0 Å². The van der Waals surface area contributed by atoms with Crippen molar-refractivity contribution in [2.45, 2.75) is 13.3 Å². The Balaban J connectivity index is 1.80. The van der Waals surface area contributed by atoms with E-state index >= 15 is 0 Å². The molecule has 0 atom stereocenters. The summed E-state index contributed by atoms with van der Waals surface area (Å²) >= 11 is 1.42. The van der Waals surface area contributed by atoms with E-state index in [4.69, 9.17) is 9.47 Å². The van der Waals surface area contributed by atoms with Crippen LogP contribution in [0.1, 0.15) is 11.3 Å². The molecule has 1 heterocycles. The largest absolute Gasteiger partial charge is 0.493 e. The highest BCUT2D eigenvalue weighted by Crippen LogP contribution is 2.31. The number of aromatic nitrogens is 1. The zero-order valence-corrected chi connectivity index (χ0v) is 16.7. The topological polar surface area (TPSA) is 51.7 Å². The van der Waals surface area contributed by atoms with Crippen molar-refractivity contribution in [3.63, 3.8) is 0 Å². The van der Waals surface area contributed by atoms with Crippen LogP contribution in [0, 0.1) is 6.92 Å². The Morgan fingerprint density at radius 2 is 2.00 bits per heavy atom. The van der Waals surface area contributed by atoms with Gasteiger partial charge in [0.25, 0.3) is 5.91 Å². The van der Waals surface area contributed by atoms with E-state index in [0.717, 1.165) is 23.4 Å². The summed E-state index contributed by atoms with van der Waals surface area (Å²) in [7, 11) is 1.58. The normalized spacial score (nSPS) is 10.4. The molecule has 1 amide bonds. The van der Waals surface area contributed by atoms with Gasteiger partial charge in [0.05, 0.1) is 18.5 Å². The molecule has 28 heavy (non-hydrogen) atoms. The summed E-state index contributed by atoms with van der Waals surface area (Å²) in [5.74, 6) is 0.897. The van der Waals surface area contributed by atoms with Crippen LogP contribution in [0.4, 0.5) is 10.8 Å². The Morgan fingerprint density at radius 1 is 1.21 bits per heavy atom.